The molecule has 0 aliphatic rings. The van der Waals surface area contributed by atoms with Crippen LogP contribution in [0.4, 0.5) is 0 Å². The average Bonchev–Trinajstić information content (AvgIpc) is 3.95. The van der Waals surface area contributed by atoms with Gasteiger partial charge in [0, 0.05) is 21.5 Å². The van der Waals surface area contributed by atoms with Crippen molar-refractivity contribution in [2.75, 3.05) is 0 Å². The fourth-order valence-corrected chi connectivity index (χ4v) is 11.0. The number of furan rings is 2. The van der Waals surface area contributed by atoms with E-state index in [1.54, 1.807) is 0 Å². The normalized spacial score (nSPS) is 11.9. The van der Waals surface area contributed by atoms with Crippen LogP contribution in [-0.2, 0) is 0 Å². The van der Waals surface area contributed by atoms with Gasteiger partial charge < -0.3 is 8.83 Å². The van der Waals surface area contributed by atoms with Crippen LogP contribution in [-0.4, -0.2) is 0 Å². The molecule has 0 amide bonds. The van der Waals surface area contributed by atoms with Gasteiger partial charge in [0.25, 0.3) is 0 Å². The van der Waals surface area contributed by atoms with Gasteiger partial charge in [0.1, 0.15) is 22.3 Å². The molecule has 0 spiro atoms. The van der Waals surface area contributed by atoms with Gasteiger partial charge in [0.15, 0.2) is 0 Å². The minimum Gasteiger partial charge on any atom is -0.456 e. The van der Waals surface area contributed by atoms with Crippen molar-refractivity contribution in [3.63, 3.8) is 0 Å². The van der Waals surface area contributed by atoms with Crippen molar-refractivity contribution in [2.24, 2.45) is 0 Å². The standard InChI is InChI=1S/C64H38O2/c1-3-16-39(17-4-1)41-31-34-56-54(36-41)55-37-42(32-35-57(55)65-56)61-44-20-7-9-22-46(44)62(47-23-10-8-21-45(47)61)43-30-33-52-59(38-43)66-58-29-15-28-53(64(52)58)63-50-26-13-11-24-48(50)60(40-18-5-2-6-19-40)49-25-12-14-27-51(49)63/h1-38H. The summed E-state index contributed by atoms with van der Waals surface area (Å²) in [5, 5.41) is 14.2. The molecule has 2 heterocycles. The van der Waals surface area contributed by atoms with E-state index in [1.165, 1.54) is 87.6 Å². The summed E-state index contributed by atoms with van der Waals surface area (Å²) in [6, 6.07) is 83.4. The van der Waals surface area contributed by atoms with Crippen LogP contribution in [0.5, 0.6) is 0 Å². The highest BCUT2D eigenvalue weighted by Gasteiger charge is 2.22. The van der Waals surface area contributed by atoms with Crippen molar-refractivity contribution in [3.8, 4) is 55.6 Å². The summed E-state index contributed by atoms with van der Waals surface area (Å²) in [5.41, 5.74) is 15.5. The van der Waals surface area contributed by atoms with Gasteiger partial charge in [-0.1, -0.05) is 188 Å². The molecule has 0 fully saturated rings. The monoisotopic (exact) mass is 838 g/mol. The van der Waals surface area contributed by atoms with Crippen molar-refractivity contribution in [3.05, 3.63) is 231 Å². The van der Waals surface area contributed by atoms with E-state index in [4.69, 9.17) is 8.83 Å². The molecular formula is C64H38O2. The fraction of sp³-hybridized carbons (Fsp3) is 0. The van der Waals surface area contributed by atoms with Gasteiger partial charge >= 0.3 is 0 Å². The topological polar surface area (TPSA) is 26.3 Å². The van der Waals surface area contributed by atoms with Crippen LogP contribution in [0.15, 0.2) is 239 Å². The number of hydrogen-bond acceptors (Lipinski definition) is 2. The highest BCUT2D eigenvalue weighted by Crippen LogP contribution is 2.49. The molecule has 0 N–H and O–H groups in total. The Bertz CT molecular complexity index is 4150. The van der Waals surface area contributed by atoms with E-state index in [0.29, 0.717) is 0 Å². The Hall–Kier alpha value is -8.72. The maximum absolute atomic E-state index is 6.91. The van der Waals surface area contributed by atoms with Crippen molar-refractivity contribution < 1.29 is 8.83 Å². The van der Waals surface area contributed by atoms with Crippen LogP contribution in [0, 0.1) is 0 Å². The van der Waals surface area contributed by atoms with Gasteiger partial charge in [-0.3, -0.25) is 0 Å². The summed E-state index contributed by atoms with van der Waals surface area (Å²) in [7, 11) is 0. The van der Waals surface area contributed by atoms with Crippen molar-refractivity contribution in [2.45, 2.75) is 0 Å². The molecule has 0 saturated carbocycles. The number of rotatable bonds is 5. The Morgan fingerprint density at radius 2 is 0.606 bits per heavy atom. The average molecular weight is 839 g/mol. The van der Waals surface area contributed by atoms with E-state index in [2.05, 4.69) is 231 Å². The summed E-state index contributed by atoms with van der Waals surface area (Å²) in [6.07, 6.45) is 0. The summed E-state index contributed by atoms with van der Waals surface area (Å²) in [6.45, 7) is 0. The number of benzene rings is 12. The maximum atomic E-state index is 6.91. The molecule has 0 radical (unpaired) electrons. The van der Waals surface area contributed by atoms with E-state index in [1.807, 2.05) is 0 Å². The van der Waals surface area contributed by atoms with Crippen LogP contribution >= 0.6 is 0 Å². The Balaban J connectivity index is 0.965. The molecular weight excluding hydrogens is 801 g/mol. The minimum atomic E-state index is 0.869. The lowest BCUT2D eigenvalue weighted by Gasteiger charge is -2.18. The molecule has 12 aromatic carbocycles. The zero-order valence-corrected chi connectivity index (χ0v) is 35.8. The zero-order valence-electron chi connectivity index (χ0n) is 35.8. The summed E-state index contributed by atoms with van der Waals surface area (Å²) >= 11 is 0. The van der Waals surface area contributed by atoms with Crippen molar-refractivity contribution in [1.82, 2.24) is 0 Å². The Labute approximate surface area is 380 Å². The van der Waals surface area contributed by atoms with E-state index < -0.39 is 0 Å². The summed E-state index contributed by atoms with van der Waals surface area (Å²) < 4.78 is 13.3. The lowest BCUT2D eigenvalue weighted by atomic mass is 9.84. The third kappa shape index (κ3) is 5.49. The van der Waals surface area contributed by atoms with Gasteiger partial charge in [-0.2, -0.15) is 0 Å². The lowest BCUT2D eigenvalue weighted by molar-refractivity contribution is 0.668. The molecule has 306 valence electrons. The highest BCUT2D eigenvalue weighted by atomic mass is 16.3. The first-order valence-electron chi connectivity index (χ1n) is 22.7. The predicted octanol–water partition coefficient (Wildman–Crippen LogP) is 18.4. The van der Waals surface area contributed by atoms with Crippen LogP contribution in [0.3, 0.4) is 0 Å². The first-order chi connectivity index (χ1) is 32.7. The lowest BCUT2D eigenvalue weighted by Crippen LogP contribution is -1.91. The SMILES string of the molecule is c1ccc(-c2ccc3oc4ccc(-c5c6ccccc6c(-c6ccc7c(c6)oc6cccc(-c8c9ccccc9c(-c9ccccc9)c9ccccc89)c67)c6ccccc56)cc4c3c2)cc1. The van der Waals surface area contributed by atoms with Gasteiger partial charge in [0.2, 0.25) is 0 Å². The van der Waals surface area contributed by atoms with Crippen molar-refractivity contribution >= 4 is 87.0 Å². The van der Waals surface area contributed by atoms with E-state index in [-0.39, 0.29) is 0 Å². The second-order valence-corrected chi connectivity index (χ2v) is 17.4. The van der Waals surface area contributed by atoms with Crippen LogP contribution in [0.2, 0.25) is 0 Å². The van der Waals surface area contributed by atoms with Gasteiger partial charge in [-0.05, 0) is 141 Å². The van der Waals surface area contributed by atoms with Crippen molar-refractivity contribution in [1.29, 1.82) is 0 Å². The highest BCUT2D eigenvalue weighted by molar-refractivity contribution is 6.27. The number of fused-ring (bicyclic) bond motifs is 10. The predicted molar refractivity (Wildman–Crippen MR) is 278 cm³/mol. The molecule has 0 bridgehead atoms. The molecule has 2 aromatic heterocycles. The first kappa shape index (κ1) is 36.7. The molecule has 66 heavy (non-hydrogen) atoms. The molecule has 0 unspecified atom stereocenters. The Kier molecular flexibility index (Phi) is 8.02. The first-order valence-corrected chi connectivity index (χ1v) is 22.7. The Morgan fingerprint density at radius 3 is 1.15 bits per heavy atom. The smallest absolute Gasteiger partial charge is 0.136 e. The van der Waals surface area contributed by atoms with Gasteiger partial charge in [0.05, 0.1) is 0 Å². The molecule has 0 aliphatic carbocycles. The molecule has 2 nitrogen and oxygen atoms in total. The second kappa shape index (κ2) is 14.4. The van der Waals surface area contributed by atoms with Crippen LogP contribution < -0.4 is 0 Å². The van der Waals surface area contributed by atoms with E-state index >= 15 is 0 Å². The Morgan fingerprint density at radius 1 is 0.197 bits per heavy atom. The largest absolute Gasteiger partial charge is 0.456 e. The number of hydrogen-bond donors (Lipinski definition) is 0. The van der Waals surface area contributed by atoms with E-state index in [9.17, 15) is 0 Å². The van der Waals surface area contributed by atoms with Crippen LogP contribution in [0.1, 0.15) is 0 Å². The zero-order chi connectivity index (χ0) is 43.3. The summed E-state index contributed by atoms with van der Waals surface area (Å²) in [4.78, 5) is 0. The molecule has 2 heteroatoms. The molecule has 0 atom stereocenters. The summed E-state index contributed by atoms with van der Waals surface area (Å²) in [5.74, 6) is 0. The quantitative estimate of drug-likeness (QED) is 0.161. The maximum Gasteiger partial charge on any atom is 0.136 e. The fourth-order valence-electron chi connectivity index (χ4n) is 11.0. The van der Waals surface area contributed by atoms with Gasteiger partial charge in [-0.15, -0.1) is 0 Å². The van der Waals surface area contributed by atoms with Crippen LogP contribution in [0.25, 0.3) is 143 Å². The molecule has 0 aliphatic heterocycles. The van der Waals surface area contributed by atoms with Gasteiger partial charge in [-0.25, -0.2) is 0 Å². The molecule has 14 rings (SSSR count). The second-order valence-electron chi connectivity index (χ2n) is 17.4. The molecule has 14 aromatic rings. The minimum absolute atomic E-state index is 0.869. The third-order valence-electron chi connectivity index (χ3n) is 13.8. The molecule has 0 saturated heterocycles. The third-order valence-corrected chi connectivity index (χ3v) is 13.8. The van der Waals surface area contributed by atoms with E-state index in [0.717, 1.165) is 55.0 Å².